The highest BCUT2D eigenvalue weighted by molar-refractivity contribution is 7.22. The van der Waals surface area contributed by atoms with Crippen molar-refractivity contribution in [2.75, 3.05) is 4.90 Å². The number of hydroxylamine groups is 2. The van der Waals surface area contributed by atoms with E-state index in [1.54, 1.807) is 56.5 Å². The third kappa shape index (κ3) is 3.90. The third-order valence-corrected chi connectivity index (χ3v) is 12.6. The monoisotopic (exact) mass is 670 g/mol. The summed E-state index contributed by atoms with van der Waals surface area (Å²) in [5.74, 6) is -5.71. The molecule has 1 saturated carbocycles. The number of benzene rings is 2. The van der Waals surface area contributed by atoms with Crippen LogP contribution in [0.2, 0.25) is 5.02 Å². The summed E-state index contributed by atoms with van der Waals surface area (Å²) in [6.45, 7) is 5.53. The Bertz CT molecular complexity index is 2130. The molecule has 240 valence electrons. The Kier molecular flexibility index (Phi) is 6.45. The number of hydrogen-bond donors (Lipinski definition) is 2. The maximum Gasteiger partial charge on any atom is 0.257 e. The number of fused-ring (bicyclic) bond motifs is 5. The van der Waals surface area contributed by atoms with E-state index < -0.39 is 58.6 Å². The summed E-state index contributed by atoms with van der Waals surface area (Å²) in [4.78, 5) is 57.6. The molecule has 0 bridgehead atoms. The minimum Gasteiger partial charge on any atom is -0.507 e. The van der Waals surface area contributed by atoms with Crippen molar-refractivity contribution in [2.24, 2.45) is 36.1 Å². The fraction of sp³-hybridized carbons (Fsp3) is 0.343. The van der Waals surface area contributed by atoms with Crippen molar-refractivity contribution in [3.63, 3.8) is 0 Å². The van der Waals surface area contributed by atoms with E-state index in [4.69, 9.17) is 16.7 Å². The van der Waals surface area contributed by atoms with Crippen LogP contribution in [0.15, 0.2) is 54.1 Å². The SMILES string of the molecule is Cc1cccc(C2C3=CCC4C(=O)N(O)C(=O)C4C3CC3C(=O)N(c4cc(-c5sc6ccc(Cl)cc6c5C)nn4C)C(=O)C32C)c1O. The molecule has 6 atom stereocenters. The van der Waals surface area contributed by atoms with Crippen LogP contribution < -0.4 is 4.90 Å². The van der Waals surface area contributed by atoms with Crippen molar-refractivity contribution < 1.29 is 29.5 Å². The molecule has 8 rings (SSSR count). The van der Waals surface area contributed by atoms with Crippen LogP contribution in [0.3, 0.4) is 0 Å². The average molecular weight is 671 g/mol. The van der Waals surface area contributed by atoms with Crippen LogP contribution in [0.1, 0.15) is 42.4 Å². The summed E-state index contributed by atoms with van der Waals surface area (Å²) in [5.41, 5.74) is 2.11. The number of hydrogen-bond acceptors (Lipinski definition) is 8. The van der Waals surface area contributed by atoms with Crippen molar-refractivity contribution in [1.29, 1.82) is 0 Å². The smallest absolute Gasteiger partial charge is 0.257 e. The summed E-state index contributed by atoms with van der Waals surface area (Å²) in [6, 6.07) is 12.8. The predicted octanol–water partition coefficient (Wildman–Crippen LogP) is 5.90. The molecule has 47 heavy (non-hydrogen) atoms. The van der Waals surface area contributed by atoms with Crippen LogP contribution in [-0.2, 0) is 26.2 Å². The molecular weight excluding hydrogens is 640 g/mol. The third-order valence-electron chi connectivity index (χ3n) is 11.0. The van der Waals surface area contributed by atoms with E-state index in [0.29, 0.717) is 27.7 Å². The molecule has 4 heterocycles. The van der Waals surface area contributed by atoms with Gasteiger partial charge in [-0.15, -0.1) is 11.3 Å². The number of thiophene rings is 1. The topological polar surface area (TPSA) is 133 Å². The Hall–Kier alpha value is -4.32. The normalized spacial score (nSPS) is 28.6. The molecule has 2 aliphatic carbocycles. The minimum absolute atomic E-state index is 0.0145. The number of nitrogens with zero attached hydrogens (tertiary/aromatic N) is 4. The Morgan fingerprint density at radius 1 is 1.02 bits per heavy atom. The molecule has 12 heteroatoms. The van der Waals surface area contributed by atoms with Gasteiger partial charge in [-0.2, -0.15) is 10.2 Å². The van der Waals surface area contributed by atoms with Crippen molar-refractivity contribution in [3.05, 3.63) is 75.8 Å². The Labute approximate surface area is 278 Å². The molecule has 2 aromatic heterocycles. The van der Waals surface area contributed by atoms with Crippen LogP contribution in [0.4, 0.5) is 5.82 Å². The highest BCUT2D eigenvalue weighted by atomic mass is 35.5. The van der Waals surface area contributed by atoms with Crippen LogP contribution in [0.25, 0.3) is 20.7 Å². The molecule has 3 fully saturated rings. The minimum atomic E-state index is -1.32. The summed E-state index contributed by atoms with van der Waals surface area (Å²) in [6.07, 6.45) is 2.23. The number of carbonyl (C=O) groups is 4. The molecular formula is C35H31ClN4O6S. The van der Waals surface area contributed by atoms with E-state index in [-0.39, 0.29) is 23.7 Å². The number of allylic oxidation sites excluding steroid dienone is 2. The number of imide groups is 2. The first kappa shape index (κ1) is 30.0. The quantitative estimate of drug-likeness (QED) is 0.158. The number of anilines is 1. The summed E-state index contributed by atoms with van der Waals surface area (Å²) >= 11 is 7.82. The largest absolute Gasteiger partial charge is 0.507 e. The molecule has 2 saturated heterocycles. The van der Waals surface area contributed by atoms with Gasteiger partial charge in [-0.1, -0.05) is 41.4 Å². The lowest BCUT2D eigenvalue weighted by Gasteiger charge is -2.49. The van der Waals surface area contributed by atoms with E-state index in [0.717, 1.165) is 26.1 Å². The molecule has 0 radical (unpaired) electrons. The van der Waals surface area contributed by atoms with E-state index in [9.17, 15) is 29.5 Å². The van der Waals surface area contributed by atoms with E-state index in [1.165, 1.54) is 9.58 Å². The number of phenolic OH excluding ortho intramolecular Hbond substituents is 1. The Morgan fingerprint density at radius 3 is 2.55 bits per heavy atom. The summed E-state index contributed by atoms with van der Waals surface area (Å²) in [7, 11) is 1.69. The fourth-order valence-corrected chi connectivity index (χ4v) is 10.0. The van der Waals surface area contributed by atoms with Crippen LogP contribution in [0.5, 0.6) is 5.75 Å². The first-order valence-corrected chi connectivity index (χ1v) is 16.7. The maximum atomic E-state index is 14.8. The number of para-hydroxylation sites is 1. The number of aromatic hydroxyl groups is 1. The lowest BCUT2D eigenvalue weighted by molar-refractivity contribution is -0.173. The molecule has 4 aromatic rings. The van der Waals surface area contributed by atoms with Crippen molar-refractivity contribution >= 4 is 62.5 Å². The van der Waals surface area contributed by atoms with Gasteiger partial charge in [-0.3, -0.25) is 29.1 Å². The molecule has 2 N–H and O–H groups in total. The molecule has 4 aliphatic rings. The van der Waals surface area contributed by atoms with Gasteiger partial charge in [0.15, 0.2) is 0 Å². The number of halogens is 1. The molecule has 0 spiro atoms. The second-order valence-corrected chi connectivity index (χ2v) is 14.9. The maximum absolute atomic E-state index is 14.8. The first-order valence-electron chi connectivity index (χ1n) is 15.5. The molecule has 2 aliphatic heterocycles. The predicted molar refractivity (Wildman–Crippen MR) is 175 cm³/mol. The van der Waals surface area contributed by atoms with Gasteiger partial charge < -0.3 is 5.11 Å². The summed E-state index contributed by atoms with van der Waals surface area (Å²) in [5, 5.41) is 28.3. The van der Waals surface area contributed by atoms with Gasteiger partial charge in [0.05, 0.1) is 28.0 Å². The van der Waals surface area contributed by atoms with Crippen molar-refractivity contribution in [2.45, 2.75) is 39.5 Å². The van der Waals surface area contributed by atoms with Gasteiger partial charge >= 0.3 is 0 Å². The lowest BCUT2D eigenvalue weighted by Crippen LogP contribution is -2.48. The molecule has 2 aromatic carbocycles. The molecule has 4 amide bonds. The molecule has 6 unspecified atom stereocenters. The zero-order chi connectivity index (χ0) is 33.3. The zero-order valence-corrected chi connectivity index (χ0v) is 27.6. The second kappa shape index (κ2) is 10.1. The number of aryl methyl sites for hydroxylation is 3. The lowest BCUT2D eigenvalue weighted by atomic mass is 9.51. The highest BCUT2D eigenvalue weighted by Gasteiger charge is 2.68. The van der Waals surface area contributed by atoms with Gasteiger partial charge in [-0.05, 0) is 74.2 Å². The number of carbonyl (C=O) groups excluding carboxylic acids is 4. The number of aromatic nitrogens is 2. The van der Waals surface area contributed by atoms with Gasteiger partial charge in [0, 0.05) is 34.3 Å². The average Bonchev–Trinajstić information content (AvgIpc) is 3.70. The van der Waals surface area contributed by atoms with Gasteiger partial charge in [0.2, 0.25) is 11.8 Å². The van der Waals surface area contributed by atoms with Crippen LogP contribution in [-0.4, -0.2) is 48.8 Å². The standard InChI is InChI=1S/C35H31ClN4O6S/c1-15-6-5-7-20(29(15)41)28-18-9-10-19-27(33(44)40(46)31(19)42)22(18)13-23-32(43)39(34(45)35(23,28)3)26-14-24(37-38(26)4)30-16(2)21-12-17(36)8-11-25(21)47-30/h5-9,11-12,14,19,22-23,27-28,41,46H,10,13H2,1-4H3. The number of amides is 4. The summed E-state index contributed by atoms with van der Waals surface area (Å²) < 4.78 is 2.57. The van der Waals surface area contributed by atoms with Gasteiger partial charge in [-0.25, -0.2) is 4.90 Å². The van der Waals surface area contributed by atoms with E-state index >= 15 is 0 Å². The zero-order valence-electron chi connectivity index (χ0n) is 26.0. The fourth-order valence-electron chi connectivity index (χ4n) is 8.69. The number of rotatable bonds is 3. The highest BCUT2D eigenvalue weighted by Crippen LogP contribution is 2.64. The first-order chi connectivity index (χ1) is 22.3. The van der Waals surface area contributed by atoms with Crippen molar-refractivity contribution in [1.82, 2.24) is 14.8 Å². The Balaban J connectivity index is 1.27. The van der Waals surface area contributed by atoms with Crippen LogP contribution in [0, 0.1) is 42.9 Å². The second-order valence-electron chi connectivity index (χ2n) is 13.4. The molecule has 10 nitrogen and oxygen atoms in total. The van der Waals surface area contributed by atoms with Crippen LogP contribution >= 0.6 is 22.9 Å². The van der Waals surface area contributed by atoms with Gasteiger partial charge in [0.1, 0.15) is 17.3 Å². The van der Waals surface area contributed by atoms with Crippen molar-refractivity contribution in [3.8, 4) is 16.3 Å². The Morgan fingerprint density at radius 2 is 1.79 bits per heavy atom. The number of phenols is 1. The van der Waals surface area contributed by atoms with E-state index in [2.05, 4.69) is 0 Å². The van der Waals surface area contributed by atoms with E-state index in [1.807, 2.05) is 31.2 Å². The van der Waals surface area contributed by atoms with Gasteiger partial charge in [0.25, 0.3) is 11.8 Å².